The normalized spacial score (nSPS) is 14.1. The van der Waals surface area contributed by atoms with Crippen molar-refractivity contribution in [1.29, 1.82) is 5.26 Å². The molecule has 0 saturated carbocycles. The summed E-state index contributed by atoms with van der Waals surface area (Å²) in [4.78, 5) is 3.04. The van der Waals surface area contributed by atoms with Crippen molar-refractivity contribution < 1.29 is 5.11 Å². The summed E-state index contributed by atoms with van der Waals surface area (Å²) in [6.07, 6.45) is 7.66. The highest BCUT2D eigenvalue weighted by Crippen LogP contribution is 2.23. The molecule has 0 atom stereocenters. The summed E-state index contributed by atoms with van der Waals surface area (Å²) >= 11 is 1.32. The predicted octanol–water partition coefficient (Wildman–Crippen LogP) is 6.38. The molecule has 164 valence electrons. The van der Waals surface area contributed by atoms with Gasteiger partial charge in [0.25, 0.3) is 0 Å². The van der Waals surface area contributed by atoms with Crippen LogP contribution < -0.4 is 9.62 Å². The lowest BCUT2D eigenvalue weighted by molar-refractivity contribution is 0.248. The summed E-state index contributed by atoms with van der Waals surface area (Å²) in [6, 6.07) is 10.6. The Morgan fingerprint density at radius 3 is 2.21 bits per heavy atom. The zero-order valence-corrected chi connectivity index (χ0v) is 20.1. The highest BCUT2D eigenvalue weighted by molar-refractivity contribution is 8.01. The molecular weight excluding hydrogens is 378 g/mol. The summed E-state index contributed by atoms with van der Waals surface area (Å²) in [5.74, 6) is 0. The summed E-state index contributed by atoms with van der Waals surface area (Å²) in [6.45, 7) is 14.7. The zero-order chi connectivity index (χ0) is 22.1. The minimum atomic E-state index is -0.215. The third kappa shape index (κ3) is 12.0. The van der Waals surface area contributed by atoms with E-state index < -0.39 is 0 Å². The van der Waals surface area contributed by atoms with Crippen LogP contribution in [-0.2, 0) is 0 Å². The minimum Gasteiger partial charge on any atom is -0.396 e. The number of piperidine rings is 1. The van der Waals surface area contributed by atoms with Gasteiger partial charge >= 0.3 is 0 Å². The zero-order valence-electron chi connectivity index (χ0n) is 19.3. The number of nitrogens with zero attached hydrogens (tertiary/aromatic N) is 2. The lowest BCUT2D eigenvalue weighted by Gasteiger charge is -2.28. The number of nitriles is 1. The number of rotatable bonds is 7. The van der Waals surface area contributed by atoms with Crippen LogP contribution in [0, 0.1) is 11.3 Å². The number of anilines is 1. The van der Waals surface area contributed by atoms with E-state index in [9.17, 15) is 5.26 Å². The van der Waals surface area contributed by atoms with Crippen LogP contribution in [0.2, 0.25) is 0 Å². The molecule has 0 unspecified atom stereocenters. The lowest BCUT2D eigenvalue weighted by Crippen LogP contribution is -2.35. The molecule has 2 N–H and O–H groups in total. The maximum Gasteiger partial charge on any atom is 0.107 e. The highest BCUT2D eigenvalue weighted by Gasteiger charge is 2.17. The molecule has 4 nitrogen and oxygen atoms in total. The molecule has 29 heavy (non-hydrogen) atoms. The summed E-state index contributed by atoms with van der Waals surface area (Å²) < 4.78 is 3.25. The molecule has 1 saturated heterocycles. The van der Waals surface area contributed by atoms with Crippen molar-refractivity contribution in [3.63, 3.8) is 0 Å². The Hall–Kier alpha value is -1.48. The standard InChI is InChI=1S/C19H27N3OS.C3H8.C2H6/c1-19(2,10-13-23)21-24-18(15-20)14-16-6-8-17(9-7-16)22-11-4-3-5-12-22;1-3-2;1-2/h6-9,14,21,23H,3-5,10-13H2,1-2H3;3H2,1-2H3;1-2H3/b18-14+;;. The van der Waals surface area contributed by atoms with Crippen LogP contribution in [0.4, 0.5) is 5.69 Å². The van der Waals surface area contributed by atoms with Crippen LogP contribution in [0.1, 0.15) is 79.2 Å². The molecule has 0 aliphatic carbocycles. The predicted molar refractivity (Wildman–Crippen MR) is 130 cm³/mol. The van der Waals surface area contributed by atoms with E-state index in [1.165, 1.54) is 43.3 Å². The number of hydrogen-bond donors (Lipinski definition) is 2. The first-order valence-corrected chi connectivity index (χ1v) is 11.8. The van der Waals surface area contributed by atoms with Crippen LogP contribution in [0.25, 0.3) is 6.08 Å². The van der Waals surface area contributed by atoms with Crippen LogP contribution in [0.15, 0.2) is 29.2 Å². The third-order valence-electron chi connectivity index (χ3n) is 4.20. The van der Waals surface area contributed by atoms with Gasteiger partial charge in [-0.3, -0.25) is 4.72 Å². The quantitative estimate of drug-likeness (QED) is 0.396. The van der Waals surface area contributed by atoms with E-state index >= 15 is 0 Å². The Kier molecular flexibility index (Phi) is 15.5. The molecule has 1 fully saturated rings. The van der Waals surface area contributed by atoms with Gasteiger partial charge in [-0.1, -0.05) is 46.2 Å². The van der Waals surface area contributed by atoms with Crippen molar-refractivity contribution in [1.82, 2.24) is 4.72 Å². The number of benzene rings is 1. The van der Waals surface area contributed by atoms with E-state index in [4.69, 9.17) is 5.11 Å². The molecule has 0 amide bonds. The number of aliphatic hydroxyl groups excluding tert-OH is 1. The van der Waals surface area contributed by atoms with Crippen LogP contribution in [-0.4, -0.2) is 30.3 Å². The Morgan fingerprint density at radius 2 is 1.72 bits per heavy atom. The summed E-state index contributed by atoms with van der Waals surface area (Å²) in [7, 11) is 0. The average Bonchev–Trinajstić information content (AvgIpc) is 2.74. The second-order valence-corrected chi connectivity index (χ2v) is 8.38. The van der Waals surface area contributed by atoms with Crippen molar-refractivity contribution in [3.05, 3.63) is 34.7 Å². The fourth-order valence-electron chi connectivity index (χ4n) is 2.69. The van der Waals surface area contributed by atoms with E-state index in [1.54, 1.807) is 0 Å². The van der Waals surface area contributed by atoms with Crippen LogP contribution in [0.3, 0.4) is 0 Å². The van der Waals surface area contributed by atoms with Gasteiger partial charge in [-0.15, -0.1) is 0 Å². The van der Waals surface area contributed by atoms with Gasteiger partial charge in [-0.25, -0.2) is 0 Å². The first-order valence-electron chi connectivity index (χ1n) is 11.0. The Morgan fingerprint density at radius 1 is 1.17 bits per heavy atom. The molecule has 1 heterocycles. The fourth-order valence-corrected chi connectivity index (χ4v) is 3.42. The molecule has 0 bridgehead atoms. The second-order valence-electron chi connectivity index (χ2n) is 7.53. The first kappa shape index (κ1) is 27.5. The number of nitrogens with one attached hydrogen (secondary N) is 1. The summed E-state index contributed by atoms with van der Waals surface area (Å²) in [5.41, 5.74) is 2.08. The number of hydrogen-bond acceptors (Lipinski definition) is 5. The molecule has 2 rings (SSSR count). The van der Waals surface area contributed by atoms with Gasteiger partial charge in [0.2, 0.25) is 0 Å². The van der Waals surface area contributed by atoms with E-state index in [-0.39, 0.29) is 12.1 Å². The second kappa shape index (κ2) is 16.3. The molecular formula is C24H41N3OS. The lowest BCUT2D eigenvalue weighted by atomic mass is 10.0. The van der Waals surface area contributed by atoms with Crippen molar-refractivity contribution >= 4 is 23.7 Å². The molecule has 1 aliphatic rings. The van der Waals surface area contributed by atoms with E-state index in [0.29, 0.717) is 11.3 Å². The van der Waals surface area contributed by atoms with Crippen molar-refractivity contribution in [2.45, 2.75) is 79.2 Å². The third-order valence-corrected chi connectivity index (χ3v) is 5.28. The van der Waals surface area contributed by atoms with Gasteiger partial charge in [0.15, 0.2) is 0 Å². The molecule has 0 aromatic heterocycles. The minimum absolute atomic E-state index is 0.129. The van der Waals surface area contributed by atoms with E-state index in [0.717, 1.165) is 18.7 Å². The Balaban J connectivity index is 0.00000143. The number of allylic oxidation sites excluding steroid dienone is 1. The van der Waals surface area contributed by atoms with Crippen molar-refractivity contribution in [2.75, 3.05) is 24.6 Å². The number of aliphatic hydroxyl groups is 1. The monoisotopic (exact) mass is 419 g/mol. The molecule has 1 aromatic rings. The highest BCUT2D eigenvalue weighted by atomic mass is 32.2. The molecule has 0 spiro atoms. The molecule has 1 aromatic carbocycles. The maximum absolute atomic E-state index is 9.34. The van der Waals surface area contributed by atoms with Gasteiger partial charge in [0, 0.05) is 30.9 Å². The topological polar surface area (TPSA) is 59.3 Å². The Labute approximate surface area is 183 Å². The first-order chi connectivity index (χ1) is 14.0. The van der Waals surface area contributed by atoms with E-state index in [2.05, 4.69) is 53.8 Å². The molecule has 0 radical (unpaired) electrons. The largest absolute Gasteiger partial charge is 0.396 e. The van der Waals surface area contributed by atoms with E-state index in [1.807, 2.05) is 33.8 Å². The van der Waals surface area contributed by atoms with Gasteiger partial charge < -0.3 is 10.0 Å². The summed E-state index contributed by atoms with van der Waals surface area (Å²) in [5, 5.41) is 18.4. The van der Waals surface area contributed by atoms with Gasteiger partial charge in [-0.05, 0) is 75.3 Å². The van der Waals surface area contributed by atoms with Crippen LogP contribution >= 0.6 is 11.9 Å². The average molecular weight is 420 g/mol. The van der Waals surface area contributed by atoms with Crippen molar-refractivity contribution in [2.24, 2.45) is 0 Å². The SMILES string of the molecule is CC.CC(C)(CCO)NS/C(C#N)=C/c1ccc(N2CCCCC2)cc1.CCC. The van der Waals surface area contributed by atoms with Crippen molar-refractivity contribution in [3.8, 4) is 6.07 Å². The Bertz CT molecular complexity index is 600. The molecule has 1 aliphatic heterocycles. The smallest absolute Gasteiger partial charge is 0.107 e. The van der Waals surface area contributed by atoms with Crippen LogP contribution in [0.5, 0.6) is 0 Å². The molecule has 5 heteroatoms. The van der Waals surface area contributed by atoms with Gasteiger partial charge in [-0.2, -0.15) is 5.26 Å². The van der Waals surface area contributed by atoms with Gasteiger partial charge in [0.1, 0.15) is 11.0 Å². The fraction of sp³-hybridized carbons (Fsp3) is 0.625. The maximum atomic E-state index is 9.34. The van der Waals surface area contributed by atoms with Gasteiger partial charge in [0.05, 0.1) is 0 Å².